The third-order valence-corrected chi connectivity index (χ3v) is 6.13. The van der Waals surface area contributed by atoms with Crippen LogP contribution in [0.2, 0.25) is 0 Å². The Bertz CT molecular complexity index is 1340. The van der Waals surface area contributed by atoms with E-state index in [1.807, 2.05) is 65.2 Å². The molecular weight excluding hydrogens is 426 g/mol. The molecule has 7 heteroatoms. The van der Waals surface area contributed by atoms with E-state index in [1.165, 1.54) is 0 Å². The first kappa shape index (κ1) is 21.7. The number of benzene rings is 2. The molecule has 1 N–H and O–H groups in total. The van der Waals surface area contributed by atoms with Gasteiger partial charge in [-0.25, -0.2) is 4.98 Å². The lowest BCUT2D eigenvalue weighted by Crippen LogP contribution is -2.35. The predicted molar refractivity (Wildman–Crippen MR) is 135 cm³/mol. The third-order valence-electron chi connectivity index (χ3n) is 6.13. The molecule has 2 aromatic heterocycles. The summed E-state index contributed by atoms with van der Waals surface area (Å²) < 4.78 is 7.07. The third kappa shape index (κ3) is 4.37. The number of anilines is 3. The first-order valence-corrected chi connectivity index (χ1v) is 11.4. The number of pyridine rings is 1. The Morgan fingerprint density at radius 3 is 2.53 bits per heavy atom. The van der Waals surface area contributed by atoms with Gasteiger partial charge in [0.1, 0.15) is 17.4 Å². The molecule has 1 atom stereocenters. The molecule has 34 heavy (non-hydrogen) atoms. The molecule has 2 aromatic carbocycles. The highest BCUT2D eigenvalue weighted by Gasteiger charge is 2.22. The van der Waals surface area contributed by atoms with Crippen LogP contribution in [0.5, 0.6) is 5.75 Å². The maximum atomic E-state index is 12.9. The minimum atomic E-state index is 0.00147. The second-order valence-corrected chi connectivity index (χ2v) is 8.34. The molecule has 3 heterocycles. The Balaban J connectivity index is 1.45. The predicted octanol–water partition coefficient (Wildman–Crippen LogP) is 5.03. The van der Waals surface area contributed by atoms with Crippen LogP contribution < -0.4 is 20.5 Å². The van der Waals surface area contributed by atoms with Crippen molar-refractivity contribution in [2.24, 2.45) is 0 Å². The van der Waals surface area contributed by atoms with E-state index in [0.29, 0.717) is 12.5 Å². The molecule has 0 radical (unpaired) electrons. The zero-order valence-corrected chi connectivity index (χ0v) is 19.3. The fourth-order valence-electron chi connectivity index (χ4n) is 4.30. The van der Waals surface area contributed by atoms with Crippen molar-refractivity contribution in [3.8, 4) is 16.9 Å². The maximum absolute atomic E-state index is 12.9. The Morgan fingerprint density at radius 2 is 1.76 bits per heavy atom. The van der Waals surface area contributed by atoms with Crippen LogP contribution in [0, 0.1) is 0 Å². The summed E-state index contributed by atoms with van der Waals surface area (Å²) >= 11 is 0. The maximum Gasteiger partial charge on any atom is 0.252 e. The molecule has 0 aliphatic carbocycles. The van der Waals surface area contributed by atoms with E-state index in [1.54, 1.807) is 19.4 Å². The lowest BCUT2D eigenvalue weighted by molar-refractivity contribution is 0.414. The number of fused-ring (bicyclic) bond motifs is 1. The topological polar surface area (TPSA) is 72.3 Å². The SMILES string of the molecule is COc1ccc([C@H](C)Nc2nccc(N3CCCn4c3cc(-c3ccccc3)cc4=O)n2)cc1. The highest BCUT2D eigenvalue weighted by atomic mass is 16.5. The summed E-state index contributed by atoms with van der Waals surface area (Å²) in [6.45, 7) is 3.55. The second kappa shape index (κ2) is 9.39. The molecule has 0 saturated carbocycles. The molecule has 4 aromatic rings. The number of hydrogen-bond donors (Lipinski definition) is 1. The van der Waals surface area contributed by atoms with Gasteiger partial charge in [0.05, 0.1) is 13.2 Å². The first-order valence-electron chi connectivity index (χ1n) is 11.4. The molecule has 7 nitrogen and oxygen atoms in total. The van der Waals surface area contributed by atoms with Crippen molar-refractivity contribution in [3.63, 3.8) is 0 Å². The molecule has 172 valence electrons. The number of nitrogens with one attached hydrogen (secondary N) is 1. The van der Waals surface area contributed by atoms with E-state index in [9.17, 15) is 4.79 Å². The highest BCUT2D eigenvalue weighted by Crippen LogP contribution is 2.31. The number of hydrogen-bond acceptors (Lipinski definition) is 6. The van der Waals surface area contributed by atoms with Crippen LogP contribution >= 0.6 is 0 Å². The van der Waals surface area contributed by atoms with Gasteiger partial charge in [0.25, 0.3) is 5.56 Å². The van der Waals surface area contributed by atoms with Crippen LogP contribution in [0.15, 0.2) is 83.8 Å². The average Bonchev–Trinajstić information content (AvgIpc) is 2.89. The van der Waals surface area contributed by atoms with Gasteiger partial charge in [-0.15, -0.1) is 0 Å². The summed E-state index contributed by atoms with van der Waals surface area (Å²) in [6, 6.07) is 23.6. The van der Waals surface area contributed by atoms with Gasteiger partial charge in [-0.1, -0.05) is 42.5 Å². The van der Waals surface area contributed by atoms with Crippen molar-refractivity contribution in [3.05, 3.63) is 94.9 Å². The molecule has 0 fully saturated rings. The van der Waals surface area contributed by atoms with Crippen molar-refractivity contribution in [1.29, 1.82) is 0 Å². The van der Waals surface area contributed by atoms with Gasteiger partial charge >= 0.3 is 0 Å². The summed E-state index contributed by atoms with van der Waals surface area (Å²) in [4.78, 5) is 24.3. The molecular formula is C27H27N5O2. The zero-order chi connectivity index (χ0) is 23.5. The Morgan fingerprint density at radius 1 is 0.971 bits per heavy atom. The molecule has 0 bridgehead atoms. The highest BCUT2D eigenvalue weighted by molar-refractivity contribution is 5.69. The monoisotopic (exact) mass is 453 g/mol. The van der Waals surface area contributed by atoms with E-state index < -0.39 is 0 Å². The van der Waals surface area contributed by atoms with Gasteiger partial charge in [-0.05, 0) is 54.3 Å². The van der Waals surface area contributed by atoms with Crippen LogP contribution in [0.1, 0.15) is 24.9 Å². The van der Waals surface area contributed by atoms with Crippen molar-refractivity contribution in [1.82, 2.24) is 14.5 Å². The molecule has 0 saturated heterocycles. The van der Waals surface area contributed by atoms with Crippen LogP contribution in [-0.2, 0) is 6.54 Å². The Hall–Kier alpha value is -4.13. The van der Waals surface area contributed by atoms with Crippen LogP contribution in [-0.4, -0.2) is 28.2 Å². The van der Waals surface area contributed by atoms with E-state index >= 15 is 0 Å². The van der Waals surface area contributed by atoms with Gasteiger partial charge in [0.2, 0.25) is 5.95 Å². The Labute approximate surface area is 198 Å². The lowest BCUT2D eigenvalue weighted by atomic mass is 10.1. The minimum absolute atomic E-state index is 0.00147. The number of methoxy groups -OCH3 is 1. The largest absolute Gasteiger partial charge is 0.497 e. The summed E-state index contributed by atoms with van der Waals surface area (Å²) in [7, 11) is 1.66. The number of aromatic nitrogens is 3. The summed E-state index contributed by atoms with van der Waals surface area (Å²) in [5, 5.41) is 3.39. The average molecular weight is 454 g/mol. The summed E-state index contributed by atoms with van der Waals surface area (Å²) in [5.74, 6) is 2.98. The van der Waals surface area contributed by atoms with Crippen LogP contribution in [0.3, 0.4) is 0 Å². The van der Waals surface area contributed by atoms with Gasteiger partial charge in [0.15, 0.2) is 0 Å². The van der Waals surface area contributed by atoms with Crippen molar-refractivity contribution in [2.75, 3.05) is 23.9 Å². The van der Waals surface area contributed by atoms with Gasteiger partial charge in [-0.3, -0.25) is 9.36 Å². The van der Waals surface area contributed by atoms with E-state index in [-0.39, 0.29) is 11.6 Å². The fourth-order valence-corrected chi connectivity index (χ4v) is 4.30. The summed E-state index contributed by atoms with van der Waals surface area (Å²) in [5.41, 5.74) is 3.04. The molecule has 5 rings (SSSR count). The molecule has 1 aliphatic rings. The van der Waals surface area contributed by atoms with Crippen LogP contribution in [0.25, 0.3) is 11.1 Å². The molecule has 1 aliphatic heterocycles. The van der Waals surface area contributed by atoms with E-state index in [2.05, 4.69) is 28.2 Å². The molecule has 0 amide bonds. The smallest absolute Gasteiger partial charge is 0.252 e. The van der Waals surface area contributed by atoms with Crippen molar-refractivity contribution < 1.29 is 4.74 Å². The molecule has 0 unspecified atom stereocenters. The molecule has 0 spiro atoms. The standard InChI is InChI=1S/C27H27N5O2/c1-19(20-9-11-23(34-2)12-10-20)29-27-28-14-13-24(30-27)31-15-6-16-32-25(31)17-22(18-26(32)33)21-7-4-3-5-8-21/h3-5,7-14,17-19H,6,15-16H2,1-2H3,(H,28,29,30)/t19-/m0/s1. The first-order chi connectivity index (χ1) is 16.6. The lowest BCUT2D eigenvalue weighted by Gasteiger charge is -2.31. The quantitative estimate of drug-likeness (QED) is 0.442. The summed E-state index contributed by atoms with van der Waals surface area (Å²) in [6.07, 6.45) is 2.62. The fraction of sp³-hybridized carbons (Fsp3) is 0.222. The van der Waals surface area contributed by atoms with E-state index in [0.717, 1.165) is 47.0 Å². The second-order valence-electron chi connectivity index (χ2n) is 8.34. The number of ether oxygens (including phenoxy) is 1. The van der Waals surface area contributed by atoms with Crippen molar-refractivity contribution in [2.45, 2.75) is 25.9 Å². The van der Waals surface area contributed by atoms with Crippen LogP contribution in [0.4, 0.5) is 17.6 Å². The number of rotatable bonds is 6. The van der Waals surface area contributed by atoms with E-state index in [4.69, 9.17) is 9.72 Å². The Kier molecular flexibility index (Phi) is 5.99. The normalized spacial score (nSPS) is 13.8. The van der Waals surface area contributed by atoms with Gasteiger partial charge in [0, 0.05) is 25.4 Å². The van der Waals surface area contributed by atoms with Gasteiger partial charge < -0.3 is 15.0 Å². The van der Waals surface area contributed by atoms with Crippen molar-refractivity contribution >= 4 is 17.6 Å². The minimum Gasteiger partial charge on any atom is -0.497 e. The zero-order valence-electron chi connectivity index (χ0n) is 19.3. The van der Waals surface area contributed by atoms with Gasteiger partial charge in [-0.2, -0.15) is 4.98 Å². The number of nitrogens with zero attached hydrogens (tertiary/aromatic N) is 4.